The number of ether oxygens (including phenoxy) is 2. The van der Waals surface area contributed by atoms with Crippen LogP contribution in [-0.2, 0) is 23.1 Å². The number of pyridine rings is 1. The van der Waals surface area contributed by atoms with Crippen LogP contribution in [0.3, 0.4) is 0 Å². The molecule has 6 rings (SSSR count). The summed E-state index contributed by atoms with van der Waals surface area (Å²) >= 11 is 8.74. The number of carbonyl (C=O) groups excluding carboxylic acids is 1. The van der Waals surface area contributed by atoms with E-state index in [2.05, 4.69) is 30.9 Å². The fourth-order valence-corrected chi connectivity index (χ4v) is 8.09. The van der Waals surface area contributed by atoms with Crippen LogP contribution >= 0.6 is 23.4 Å². The minimum absolute atomic E-state index is 0.0334. The molecule has 1 saturated carbocycles. The predicted octanol–water partition coefficient (Wildman–Crippen LogP) is 4.86. The SMILES string of the molecule is CSc1cc(C)[nH]c(=O)c1CN1CC2(CC2)c2c(Cl)c3c(c(C)c2C1=O)O[C@@](C)([C@@H]1CC[C@@H](N(C)C)CO1)C3. The molecule has 39 heavy (non-hydrogen) atoms. The number of thioether (sulfide) groups is 1. The second-order valence-electron chi connectivity index (χ2n) is 12.4. The topological polar surface area (TPSA) is 74.9 Å². The van der Waals surface area contributed by atoms with E-state index in [-0.39, 0.29) is 29.5 Å². The van der Waals surface area contributed by atoms with E-state index in [1.54, 1.807) is 0 Å². The van der Waals surface area contributed by atoms with E-state index in [1.807, 2.05) is 31.1 Å². The molecule has 3 aliphatic heterocycles. The first-order valence-corrected chi connectivity index (χ1v) is 15.5. The lowest BCUT2D eigenvalue weighted by molar-refractivity contribution is -0.112. The van der Waals surface area contributed by atoms with Gasteiger partial charge in [0.05, 0.1) is 35.4 Å². The lowest BCUT2D eigenvalue weighted by Gasteiger charge is -2.40. The van der Waals surface area contributed by atoms with Crippen molar-refractivity contribution in [2.45, 2.75) is 87.5 Å². The van der Waals surface area contributed by atoms with E-state index >= 15 is 0 Å². The molecule has 3 atom stereocenters. The van der Waals surface area contributed by atoms with Gasteiger partial charge in [0.1, 0.15) is 11.4 Å². The van der Waals surface area contributed by atoms with Crippen LogP contribution in [0.15, 0.2) is 15.8 Å². The third-order valence-corrected chi connectivity index (χ3v) is 10.6. The van der Waals surface area contributed by atoms with Crippen molar-refractivity contribution in [3.8, 4) is 5.75 Å². The number of rotatable bonds is 5. The number of aromatic nitrogens is 1. The molecule has 1 aromatic heterocycles. The number of hydrogen-bond donors (Lipinski definition) is 1. The van der Waals surface area contributed by atoms with Crippen LogP contribution in [0.2, 0.25) is 5.02 Å². The predicted molar refractivity (Wildman–Crippen MR) is 155 cm³/mol. The van der Waals surface area contributed by atoms with E-state index < -0.39 is 5.60 Å². The molecule has 0 radical (unpaired) electrons. The molecule has 2 fully saturated rings. The largest absolute Gasteiger partial charge is 0.484 e. The van der Waals surface area contributed by atoms with Crippen LogP contribution in [0.25, 0.3) is 0 Å². The highest BCUT2D eigenvalue weighted by atomic mass is 35.5. The van der Waals surface area contributed by atoms with Crippen molar-refractivity contribution in [3.63, 3.8) is 0 Å². The summed E-state index contributed by atoms with van der Waals surface area (Å²) < 4.78 is 13.1. The van der Waals surface area contributed by atoms with E-state index in [0.29, 0.717) is 41.8 Å². The van der Waals surface area contributed by atoms with Gasteiger partial charge in [-0.2, -0.15) is 0 Å². The van der Waals surface area contributed by atoms with Gasteiger partial charge in [0.25, 0.3) is 11.5 Å². The number of H-pyrrole nitrogens is 1. The molecule has 2 aromatic rings. The molecule has 1 aromatic carbocycles. The summed E-state index contributed by atoms with van der Waals surface area (Å²) in [6, 6.07) is 2.39. The molecule has 1 N–H and O–H groups in total. The van der Waals surface area contributed by atoms with Crippen LogP contribution in [0.1, 0.15) is 70.9 Å². The van der Waals surface area contributed by atoms with E-state index in [4.69, 9.17) is 21.1 Å². The molecule has 7 nitrogen and oxygen atoms in total. The lowest BCUT2D eigenvalue weighted by Crippen LogP contribution is -2.51. The Labute approximate surface area is 239 Å². The van der Waals surface area contributed by atoms with E-state index in [1.165, 1.54) is 11.8 Å². The molecule has 0 bridgehead atoms. The fraction of sp³-hybridized carbons (Fsp3) is 0.600. The molecule has 9 heteroatoms. The van der Waals surface area contributed by atoms with Crippen molar-refractivity contribution < 1.29 is 14.3 Å². The number of halogens is 1. The maximum Gasteiger partial charge on any atom is 0.254 e. The van der Waals surface area contributed by atoms with Crippen LogP contribution in [-0.4, -0.2) is 71.9 Å². The monoisotopic (exact) mass is 571 g/mol. The Kier molecular flexibility index (Phi) is 6.65. The van der Waals surface area contributed by atoms with Crippen molar-refractivity contribution in [1.82, 2.24) is 14.8 Å². The van der Waals surface area contributed by atoms with Gasteiger partial charge in [-0.3, -0.25) is 9.59 Å². The first kappa shape index (κ1) is 27.2. The number of benzene rings is 1. The standard InChI is InChI=1S/C30H38ClN3O4S/c1-16-11-21(39-6)20(27(35)32-16)13-34-15-30(9-10-30)24-23(28(34)36)17(2)26-19(25(24)31)12-29(3,38-26)22-8-7-18(14-37-22)33(4)5/h11,18,22H,7-10,12-15H2,1-6H3,(H,32,35)/t18-,22+,29-/m1/s1. The highest BCUT2D eigenvalue weighted by molar-refractivity contribution is 7.98. The number of hydrogen-bond acceptors (Lipinski definition) is 6. The summed E-state index contributed by atoms with van der Waals surface area (Å²) in [5.41, 5.74) is 4.18. The fourth-order valence-electron chi connectivity index (χ4n) is 6.95. The van der Waals surface area contributed by atoms with Crippen LogP contribution in [0, 0.1) is 13.8 Å². The van der Waals surface area contributed by atoms with Gasteiger partial charge in [-0.1, -0.05) is 11.6 Å². The van der Waals surface area contributed by atoms with E-state index in [9.17, 15) is 9.59 Å². The number of aromatic amines is 1. The van der Waals surface area contributed by atoms with Crippen molar-refractivity contribution in [3.05, 3.63) is 55.0 Å². The van der Waals surface area contributed by atoms with Gasteiger partial charge < -0.3 is 24.3 Å². The number of nitrogens with one attached hydrogen (secondary N) is 1. The number of amides is 1. The molecule has 4 aliphatic rings. The van der Waals surface area contributed by atoms with Gasteiger partial charge in [0.15, 0.2) is 0 Å². The third-order valence-electron chi connectivity index (χ3n) is 9.43. The number of carbonyl (C=O) groups is 1. The summed E-state index contributed by atoms with van der Waals surface area (Å²) in [5.74, 6) is 0.667. The molecule has 4 heterocycles. The zero-order chi connectivity index (χ0) is 27.9. The number of nitrogens with zero attached hydrogens (tertiary/aromatic N) is 2. The molecule has 1 saturated heterocycles. The second kappa shape index (κ2) is 9.54. The van der Waals surface area contributed by atoms with Crippen molar-refractivity contribution in [2.24, 2.45) is 0 Å². The Morgan fingerprint density at radius 2 is 1.97 bits per heavy atom. The van der Waals surface area contributed by atoms with Crippen molar-refractivity contribution in [1.29, 1.82) is 0 Å². The molecule has 1 spiro atoms. The average molecular weight is 572 g/mol. The second-order valence-corrected chi connectivity index (χ2v) is 13.6. The van der Waals surface area contributed by atoms with Gasteiger partial charge in [-0.25, -0.2) is 0 Å². The Morgan fingerprint density at radius 3 is 2.59 bits per heavy atom. The quantitative estimate of drug-likeness (QED) is 0.517. The highest BCUT2D eigenvalue weighted by Gasteiger charge is 2.56. The first-order chi connectivity index (χ1) is 18.5. The average Bonchev–Trinajstić information content (AvgIpc) is 3.56. The molecule has 1 amide bonds. The minimum atomic E-state index is -0.528. The molecule has 210 valence electrons. The molecule has 1 aliphatic carbocycles. The molecular weight excluding hydrogens is 534 g/mol. The maximum absolute atomic E-state index is 14.1. The van der Waals surface area contributed by atoms with Crippen molar-refractivity contribution in [2.75, 3.05) is 33.5 Å². The van der Waals surface area contributed by atoms with E-state index in [0.717, 1.165) is 58.7 Å². The molecular formula is C30H38ClN3O4S. The van der Waals surface area contributed by atoms with Crippen LogP contribution in [0.5, 0.6) is 5.75 Å². The summed E-state index contributed by atoms with van der Waals surface area (Å²) in [5, 5.41) is 0.694. The lowest BCUT2D eigenvalue weighted by atomic mass is 9.80. The van der Waals surface area contributed by atoms with Gasteiger partial charge in [-0.05, 0) is 78.4 Å². The first-order valence-electron chi connectivity index (χ1n) is 13.9. The minimum Gasteiger partial charge on any atom is -0.484 e. The molecule has 0 unspecified atom stereocenters. The van der Waals surface area contributed by atoms with Crippen LogP contribution in [0.4, 0.5) is 0 Å². The summed E-state index contributed by atoms with van der Waals surface area (Å²) in [6.07, 6.45) is 6.55. The zero-order valence-corrected chi connectivity index (χ0v) is 25.3. The summed E-state index contributed by atoms with van der Waals surface area (Å²) in [7, 11) is 4.19. The smallest absolute Gasteiger partial charge is 0.254 e. The Hall–Kier alpha value is -2.00. The van der Waals surface area contributed by atoms with Crippen molar-refractivity contribution >= 4 is 29.3 Å². The Balaban J connectivity index is 1.35. The Morgan fingerprint density at radius 1 is 1.23 bits per heavy atom. The number of likely N-dealkylation sites (N-methyl/N-ethyl adjacent to an activating group) is 1. The van der Waals surface area contributed by atoms with Gasteiger partial charge in [0.2, 0.25) is 0 Å². The number of fused-ring (bicyclic) bond motifs is 3. The Bertz CT molecular complexity index is 1410. The third kappa shape index (κ3) is 4.33. The van der Waals surface area contributed by atoms with Crippen LogP contribution < -0.4 is 10.3 Å². The van der Waals surface area contributed by atoms with Gasteiger partial charge in [-0.15, -0.1) is 11.8 Å². The number of aryl methyl sites for hydroxylation is 1. The summed E-state index contributed by atoms with van der Waals surface area (Å²) in [4.78, 5) is 34.9. The summed E-state index contributed by atoms with van der Waals surface area (Å²) in [6.45, 7) is 7.53. The van der Waals surface area contributed by atoms with Gasteiger partial charge >= 0.3 is 0 Å². The normalized spacial score (nSPS) is 27.1. The maximum atomic E-state index is 14.1. The highest BCUT2D eigenvalue weighted by Crippen LogP contribution is 2.59. The van der Waals surface area contributed by atoms with Gasteiger partial charge in [0, 0.05) is 46.1 Å². The zero-order valence-electron chi connectivity index (χ0n) is 23.7.